The summed E-state index contributed by atoms with van der Waals surface area (Å²) in [5.41, 5.74) is 2.85. The molecule has 1 aromatic heterocycles. The lowest BCUT2D eigenvalue weighted by molar-refractivity contribution is -0.142. The Labute approximate surface area is 219 Å². The third kappa shape index (κ3) is 5.08. The smallest absolute Gasteiger partial charge is 0.247 e. The lowest BCUT2D eigenvalue weighted by atomic mass is 9.94. The number of unbranched alkanes of at least 4 members (excludes halogenated alkanes) is 1. The number of carbonyl (C=O) groups excluding carboxylic acids is 2. The zero-order valence-electron chi connectivity index (χ0n) is 22.7. The summed E-state index contributed by atoms with van der Waals surface area (Å²) in [5.74, 6) is 1.15. The molecule has 1 aliphatic rings. The number of anilines is 1. The number of nitrogens with zero attached hydrogens (tertiary/aromatic N) is 3. The molecule has 0 bridgehead atoms. The van der Waals surface area contributed by atoms with Crippen LogP contribution in [0.2, 0.25) is 0 Å². The van der Waals surface area contributed by atoms with E-state index in [1.165, 1.54) is 0 Å². The summed E-state index contributed by atoms with van der Waals surface area (Å²) in [6.07, 6.45) is 3.78. The highest BCUT2D eigenvalue weighted by atomic mass is 16.5. The van der Waals surface area contributed by atoms with Gasteiger partial charge in [0.05, 0.1) is 31.3 Å². The molecule has 3 aromatic rings. The molecule has 196 valence electrons. The Morgan fingerprint density at radius 1 is 0.973 bits per heavy atom. The first-order chi connectivity index (χ1) is 17.7. The number of benzene rings is 2. The van der Waals surface area contributed by atoms with E-state index < -0.39 is 11.5 Å². The Morgan fingerprint density at radius 2 is 1.70 bits per heavy atom. The quantitative estimate of drug-likeness (QED) is 0.401. The predicted octanol–water partition coefficient (Wildman–Crippen LogP) is 5.61. The fourth-order valence-electron chi connectivity index (χ4n) is 4.92. The molecule has 0 radical (unpaired) electrons. The van der Waals surface area contributed by atoms with E-state index >= 15 is 0 Å². The molecular formula is C30H37N3O4. The molecule has 2 amide bonds. The van der Waals surface area contributed by atoms with E-state index in [0.29, 0.717) is 18.0 Å². The Morgan fingerprint density at radius 3 is 2.35 bits per heavy atom. The van der Waals surface area contributed by atoms with Crippen LogP contribution in [0.25, 0.3) is 5.69 Å². The van der Waals surface area contributed by atoms with Crippen LogP contribution in [0.5, 0.6) is 11.5 Å². The fraction of sp³-hybridized carbons (Fsp3) is 0.400. The standard InChI is InChI=1S/C30H37N3O4/c1-7-8-17-31(29(35)30(2,3)4)20-27(34)33-24-13-10-9-12-23(24)32-18-11-14-25(32)28(33)22-19-21(36-5)15-16-26(22)37-6/h9-16,18-19,28H,7-8,17,20H2,1-6H3. The van der Waals surface area contributed by atoms with E-state index in [4.69, 9.17) is 9.47 Å². The Hall–Kier alpha value is -3.74. The van der Waals surface area contributed by atoms with Crippen molar-refractivity contribution in [2.24, 2.45) is 5.41 Å². The van der Waals surface area contributed by atoms with Gasteiger partial charge in [0, 0.05) is 23.7 Å². The van der Waals surface area contributed by atoms with Crippen molar-refractivity contribution in [3.05, 3.63) is 72.1 Å². The maximum Gasteiger partial charge on any atom is 0.247 e. The minimum atomic E-state index is -0.585. The number of aromatic nitrogens is 1. The summed E-state index contributed by atoms with van der Waals surface area (Å²) >= 11 is 0. The van der Waals surface area contributed by atoms with Crippen molar-refractivity contribution in [3.63, 3.8) is 0 Å². The average molecular weight is 504 g/mol. The van der Waals surface area contributed by atoms with Crippen LogP contribution in [-0.4, -0.2) is 48.6 Å². The fourth-order valence-corrected chi connectivity index (χ4v) is 4.92. The molecule has 1 unspecified atom stereocenters. The highest BCUT2D eigenvalue weighted by molar-refractivity contribution is 6.00. The van der Waals surface area contributed by atoms with Crippen LogP contribution >= 0.6 is 0 Å². The van der Waals surface area contributed by atoms with E-state index in [0.717, 1.165) is 35.5 Å². The van der Waals surface area contributed by atoms with Gasteiger partial charge in [-0.1, -0.05) is 46.2 Å². The van der Waals surface area contributed by atoms with Gasteiger partial charge in [-0.15, -0.1) is 0 Å². The maximum absolute atomic E-state index is 14.3. The van der Waals surface area contributed by atoms with Crippen molar-refractivity contribution in [2.45, 2.75) is 46.6 Å². The van der Waals surface area contributed by atoms with E-state index in [9.17, 15) is 9.59 Å². The number of hydrogen-bond acceptors (Lipinski definition) is 4. The Kier molecular flexibility index (Phi) is 7.62. The summed E-state index contributed by atoms with van der Waals surface area (Å²) in [7, 11) is 3.25. The van der Waals surface area contributed by atoms with Crippen LogP contribution in [-0.2, 0) is 9.59 Å². The molecule has 1 aliphatic heterocycles. The molecule has 2 aromatic carbocycles. The lowest BCUT2D eigenvalue weighted by Crippen LogP contribution is -2.49. The van der Waals surface area contributed by atoms with Gasteiger partial charge < -0.3 is 18.9 Å². The van der Waals surface area contributed by atoms with Gasteiger partial charge in [-0.05, 0) is 48.9 Å². The molecule has 0 N–H and O–H groups in total. The number of rotatable bonds is 8. The number of fused-ring (bicyclic) bond motifs is 3. The van der Waals surface area contributed by atoms with E-state index in [1.807, 2.05) is 86.5 Å². The first-order valence-electron chi connectivity index (χ1n) is 12.8. The molecule has 0 saturated carbocycles. The molecule has 4 rings (SSSR count). The maximum atomic E-state index is 14.3. The highest BCUT2D eigenvalue weighted by Crippen LogP contribution is 2.45. The van der Waals surface area contributed by atoms with Gasteiger partial charge in [-0.2, -0.15) is 0 Å². The van der Waals surface area contributed by atoms with E-state index in [2.05, 4.69) is 11.5 Å². The molecule has 7 heteroatoms. The predicted molar refractivity (Wildman–Crippen MR) is 146 cm³/mol. The molecule has 0 saturated heterocycles. The van der Waals surface area contributed by atoms with Gasteiger partial charge >= 0.3 is 0 Å². The molecule has 0 spiro atoms. The molecule has 7 nitrogen and oxygen atoms in total. The van der Waals surface area contributed by atoms with Crippen molar-refractivity contribution < 1.29 is 19.1 Å². The van der Waals surface area contributed by atoms with Crippen LogP contribution in [0.4, 0.5) is 5.69 Å². The van der Waals surface area contributed by atoms with Crippen molar-refractivity contribution in [3.8, 4) is 17.2 Å². The number of amides is 2. The minimum Gasteiger partial charge on any atom is -0.497 e. The summed E-state index contributed by atoms with van der Waals surface area (Å²) < 4.78 is 13.4. The van der Waals surface area contributed by atoms with Crippen molar-refractivity contribution in [1.82, 2.24) is 9.47 Å². The summed E-state index contributed by atoms with van der Waals surface area (Å²) in [4.78, 5) is 31.2. The summed E-state index contributed by atoms with van der Waals surface area (Å²) in [6.45, 7) is 8.30. The van der Waals surface area contributed by atoms with Gasteiger partial charge in [-0.3, -0.25) is 14.5 Å². The number of hydrogen-bond donors (Lipinski definition) is 0. The van der Waals surface area contributed by atoms with Gasteiger partial charge in [0.25, 0.3) is 0 Å². The number of carbonyl (C=O) groups is 2. The van der Waals surface area contributed by atoms with Crippen LogP contribution in [0.15, 0.2) is 60.8 Å². The second-order valence-electron chi connectivity index (χ2n) is 10.4. The molecule has 2 heterocycles. The second kappa shape index (κ2) is 10.7. The molecule has 0 fully saturated rings. The topological polar surface area (TPSA) is 64.0 Å². The Balaban J connectivity index is 1.86. The van der Waals surface area contributed by atoms with Crippen molar-refractivity contribution in [1.29, 1.82) is 0 Å². The average Bonchev–Trinajstić information content (AvgIpc) is 3.38. The molecular weight excluding hydrogens is 466 g/mol. The van der Waals surface area contributed by atoms with Gasteiger partial charge in [0.1, 0.15) is 24.1 Å². The first kappa shape index (κ1) is 26.3. The summed E-state index contributed by atoms with van der Waals surface area (Å²) in [5, 5.41) is 0. The van der Waals surface area contributed by atoms with E-state index in [1.54, 1.807) is 19.1 Å². The number of methoxy groups -OCH3 is 2. The van der Waals surface area contributed by atoms with Crippen LogP contribution < -0.4 is 14.4 Å². The van der Waals surface area contributed by atoms with E-state index in [-0.39, 0.29) is 18.4 Å². The number of para-hydroxylation sites is 2. The molecule has 1 atom stereocenters. The van der Waals surface area contributed by atoms with Crippen LogP contribution in [0, 0.1) is 5.41 Å². The van der Waals surface area contributed by atoms with Gasteiger partial charge in [0.2, 0.25) is 11.8 Å². The third-order valence-corrected chi connectivity index (χ3v) is 6.76. The Bertz CT molecular complexity index is 1270. The largest absolute Gasteiger partial charge is 0.497 e. The zero-order chi connectivity index (χ0) is 26.7. The molecule has 0 aliphatic carbocycles. The minimum absolute atomic E-state index is 0.00602. The third-order valence-electron chi connectivity index (χ3n) is 6.76. The monoisotopic (exact) mass is 503 g/mol. The van der Waals surface area contributed by atoms with Crippen LogP contribution in [0.1, 0.15) is 57.8 Å². The van der Waals surface area contributed by atoms with Gasteiger partial charge in [0.15, 0.2) is 0 Å². The highest BCUT2D eigenvalue weighted by Gasteiger charge is 2.39. The van der Waals surface area contributed by atoms with Gasteiger partial charge in [-0.25, -0.2) is 0 Å². The first-order valence-corrected chi connectivity index (χ1v) is 12.8. The SMILES string of the molecule is CCCCN(CC(=O)N1c2ccccc2-n2cccc2C1c1cc(OC)ccc1OC)C(=O)C(C)(C)C. The lowest BCUT2D eigenvalue weighted by Gasteiger charge is -2.40. The zero-order valence-corrected chi connectivity index (χ0v) is 22.7. The normalized spacial score (nSPS) is 14.5. The summed E-state index contributed by atoms with van der Waals surface area (Å²) in [6, 6.07) is 17.0. The second-order valence-corrected chi connectivity index (χ2v) is 10.4. The van der Waals surface area contributed by atoms with Crippen molar-refractivity contribution in [2.75, 3.05) is 32.2 Å². The molecule has 37 heavy (non-hydrogen) atoms. The number of ether oxygens (including phenoxy) is 2. The van der Waals surface area contributed by atoms with Crippen molar-refractivity contribution >= 4 is 17.5 Å². The van der Waals surface area contributed by atoms with Crippen LogP contribution in [0.3, 0.4) is 0 Å².